The van der Waals surface area contributed by atoms with Gasteiger partial charge in [0.25, 0.3) is 0 Å². The second kappa shape index (κ2) is 7.55. The van der Waals surface area contributed by atoms with Crippen LogP contribution in [0.25, 0.3) is 0 Å². The molecule has 1 aromatic heterocycles. The fourth-order valence-electron chi connectivity index (χ4n) is 2.29. The molecule has 1 saturated carbocycles. The van der Waals surface area contributed by atoms with Crippen LogP contribution in [-0.2, 0) is 0 Å². The minimum absolute atomic E-state index is 0.125. The Hall–Kier alpha value is -1.24. The number of alkyl halides is 2. The summed E-state index contributed by atoms with van der Waals surface area (Å²) in [5.41, 5.74) is 1.49. The Balaban J connectivity index is 2.07. The lowest BCUT2D eigenvalue weighted by molar-refractivity contribution is -0.0589. The number of ether oxygens (including phenoxy) is 1. The van der Waals surface area contributed by atoms with Crippen molar-refractivity contribution >= 4 is 28.0 Å². The molecule has 1 fully saturated rings. The van der Waals surface area contributed by atoms with Crippen molar-refractivity contribution in [1.29, 1.82) is 0 Å². The molecule has 23 heavy (non-hydrogen) atoms. The number of rotatable bonds is 5. The highest BCUT2D eigenvalue weighted by Gasteiger charge is 2.36. The fraction of sp³-hybridized carbons (Fsp3) is 0.625. The van der Waals surface area contributed by atoms with Crippen molar-refractivity contribution < 1.29 is 13.5 Å². The fourth-order valence-corrected chi connectivity index (χ4v) is 2.69. The number of hydrogen-bond acceptors (Lipinski definition) is 3. The van der Waals surface area contributed by atoms with Crippen LogP contribution in [0, 0.1) is 6.92 Å². The van der Waals surface area contributed by atoms with Gasteiger partial charge in [-0.1, -0.05) is 0 Å². The maximum atomic E-state index is 13.2. The van der Waals surface area contributed by atoms with Crippen LogP contribution >= 0.6 is 15.9 Å². The number of aliphatic imine (C=N–C) groups is 1. The lowest BCUT2D eigenvalue weighted by atomic mass is 9.94. The zero-order chi connectivity index (χ0) is 17.0. The van der Waals surface area contributed by atoms with Gasteiger partial charge in [-0.15, -0.1) is 0 Å². The molecular weight excluding hydrogens is 368 g/mol. The summed E-state index contributed by atoms with van der Waals surface area (Å²) >= 11 is 3.43. The number of nitrogens with zero attached hydrogens (tertiary/aromatic N) is 3. The van der Waals surface area contributed by atoms with Crippen molar-refractivity contribution in [2.24, 2.45) is 4.99 Å². The van der Waals surface area contributed by atoms with E-state index in [1.165, 1.54) is 0 Å². The van der Waals surface area contributed by atoms with E-state index in [1.807, 2.05) is 31.9 Å². The normalized spacial score (nSPS) is 18.3. The lowest BCUT2D eigenvalue weighted by Gasteiger charge is -2.28. The second-order valence-corrected chi connectivity index (χ2v) is 6.73. The van der Waals surface area contributed by atoms with Gasteiger partial charge in [0, 0.05) is 26.4 Å². The zero-order valence-electron chi connectivity index (χ0n) is 13.7. The number of aryl methyl sites for hydroxylation is 1. The number of hydrogen-bond donors (Lipinski definition) is 0. The third-order valence-electron chi connectivity index (χ3n) is 3.94. The average molecular weight is 390 g/mol. The van der Waals surface area contributed by atoms with Crippen LogP contribution in [0.15, 0.2) is 15.5 Å². The van der Waals surface area contributed by atoms with Crippen LogP contribution in [0.3, 0.4) is 0 Å². The van der Waals surface area contributed by atoms with Gasteiger partial charge < -0.3 is 9.64 Å². The molecule has 2 rings (SSSR count). The highest BCUT2D eigenvalue weighted by atomic mass is 79.9. The minimum atomic E-state index is -2.55. The molecule has 7 heteroatoms. The summed E-state index contributed by atoms with van der Waals surface area (Å²) in [5, 5.41) is 0. The van der Waals surface area contributed by atoms with Crippen molar-refractivity contribution in [2.75, 3.05) is 13.6 Å². The zero-order valence-corrected chi connectivity index (χ0v) is 15.2. The van der Waals surface area contributed by atoms with E-state index in [9.17, 15) is 8.78 Å². The van der Waals surface area contributed by atoms with Crippen LogP contribution < -0.4 is 4.74 Å². The molecular formula is C16H22BrF2N3O. The molecule has 0 atom stereocenters. The monoisotopic (exact) mass is 389 g/mol. The van der Waals surface area contributed by atoms with E-state index in [1.54, 1.807) is 6.34 Å². The van der Waals surface area contributed by atoms with Gasteiger partial charge in [-0.2, -0.15) is 0 Å². The third-order valence-corrected chi connectivity index (χ3v) is 4.51. The summed E-state index contributed by atoms with van der Waals surface area (Å²) in [6, 6.07) is 1.84. The van der Waals surface area contributed by atoms with Gasteiger partial charge in [0.1, 0.15) is 6.10 Å². The third kappa shape index (κ3) is 5.12. The highest BCUT2D eigenvalue weighted by Crippen LogP contribution is 2.36. The van der Waals surface area contributed by atoms with Crippen molar-refractivity contribution in [3.8, 4) is 5.88 Å². The first-order valence-corrected chi connectivity index (χ1v) is 8.56. The van der Waals surface area contributed by atoms with E-state index < -0.39 is 5.92 Å². The SMILES string of the molecule is CCN(C)C=Nc1cc(Br)c(OC2CCC(F)(F)CC2)nc1C. The maximum absolute atomic E-state index is 13.2. The second-order valence-electron chi connectivity index (χ2n) is 5.87. The molecule has 1 aromatic rings. The largest absolute Gasteiger partial charge is 0.474 e. The van der Waals surface area contributed by atoms with Gasteiger partial charge in [0.15, 0.2) is 0 Å². The van der Waals surface area contributed by atoms with Crippen molar-refractivity contribution in [3.05, 3.63) is 16.2 Å². The average Bonchev–Trinajstić information content (AvgIpc) is 2.50. The quantitative estimate of drug-likeness (QED) is 0.539. The van der Waals surface area contributed by atoms with E-state index >= 15 is 0 Å². The molecule has 0 aromatic carbocycles. The molecule has 0 bridgehead atoms. The topological polar surface area (TPSA) is 37.7 Å². The smallest absolute Gasteiger partial charge is 0.248 e. The minimum Gasteiger partial charge on any atom is -0.474 e. The molecule has 0 saturated heterocycles. The van der Waals surface area contributed by atoms with Crippen LogP contribution in [-0.4, -0.2) is 41.8 Å². The van der Waals surface area contributed by atoms with Gasteiger partial charge in [0.2, 0.25) is 11.8 Å². The Labute approximate surface area is 144 Å². The summed E-state index contributed by atoms with van der Waals surface area (Å²) in [5.74, 6) is -2.11. The van der Waals surface area contributed by atoms with Crippen molar-refractivity contribution in [3.63, 3.8) is 0 Å². The van der Waals surface area contributed by atoms with E-state index in [0.717, 1.165) is 17.9 Å². The van der Waals surface area contributed by atoms with E-state index in [-0.39, 0.29) is 18.9 Å². The molecule has 0 aliphatic heterocycles. The molecule has 1 aliphatic carbocycles. The predicted octanol–water partition coefficient (Wildman–Crippen LogP) is 4.72. The Bertz CT molecular complexity index is 571. The molecule has 0 amide bonds. The number of aromatic nitrogens is 1. The van der Waals surface area contributed by atoms with Crippen LogP contribution in [0.5, 0.6) is 5.88 Å². The molecule has 128 valence electrons. The van der Waals surface area contributed by atoms with E-state index in [0.29, 0.717) is 23.2 Å². The first-order chi connectivity index (χ1) is 10.8. The van der Waals surface area contributed by atoms with Crippen molar-refractivity contribution in [2.45, 2.75) is 51.6 Å². The van der Waals surface area contributed by atoms with Crippen LogP contribution in [0.1, 0.15) is 38.3 Å². The van der Waals surface area contributed by atoms with Crippen LogP contribution in [0.4, 0.5) is 14.5 Å². The molecule has 0 N–H and O–H groups in total. The molecule has 1 heterocycles. The number of pyridine rings is 1. The van der Waals surface area contributed by atoms with E-state index in [2.05, 4.69) is 25.9 Å². The maximum Gasteiger partial charge on any atom is 0.248 e. The van der Waals surface area contributed by atoms with Crippen molar-refractivity contribution in [1.82, 2.24) is 9.88 Å². The van der Waals surface area contributed by atoms with E-state index in [4.69, 9.17) is 4.74 Å². The summed E-state index contributed by atoms with van der Waals surface area (Å²) in [6.07, 6.45) is 1.99. The molecule has 0 radical (unpaired) electrons. The Kier molecular flexibility index (Phi) is 5.95. The Morgan fingerprint density at radius 1 is 1.48 bits per heavy atom. The summed E-state index contributed by atoms with van der Waals surface area (Å²) in [6.45, 7) is 4.76. The van der Waals surface area contributed by atoms with Gasteiger partial charge in [-0.05, 0) is 48.7 Å². The van der Waals surface area contributed by atoms with Gasteiger partial charge in [-0.3, -0.25) is 0 Å². The number of halogens is 3. The Morgan fingerprint density at radius 2 is 2.13 bits per heavy atom. The first-order valence-electron chi connectivity index (χ1n) is 7.77. The standard InChI is InChI=1S/C16H22BrF2N3O/c1-4-22(3)10-20-14-9-13(17)15(21-11(14)2)23-12-5-7-16(18,19)8-6-12/h9-10,12H,4-8H2,1-3H3. The molecule has 0 unspecified atom stereocenters. The molecule has 4 nitrogen and oxygen atoms in total. The molecule has 1 aliphatic rings. The summed E-state index contributed by atoms with van der Waals surface area (Å²) in [4.78, 5) is 10.8. The predicted molar refractivity (Wildman–Crippen MR) is 91.0 cm³/mol. The van der Waals surface area contributed by atoms with Gasteiger partial charge >= 0.3 is 0 Å². The molecule has 0 spiro atoms. The van der Waals surface area contributed by atoms with Gasteiger partial charge in [0.05, 0.1) is 22.2 Å². The Morgan fingerprint density at radius 3 is 2.74 bits per heavy atom. The first kappa shape index (κ1) is 18.1. The highest BCUT2D eigenvalue weighted by molar-refractivity contribution is 9.10. The lowest BCUT2D eigenvalue weighted by Crippen LogP contribution is -2.31. The summed E-state index contributed by atoms with van der Waals surface area (Å²) < 4.78 is 32.9. The van der Waals surface area contributed by atoms with Gasteiger partial charge in [-0.25, -0.2) is 18.8 Å². The summed E-state index contributed by atoms with van der Waals surface area (Å²) in [7, 11) is 1.94. The van der Waals surface area contributed by atoms with Crippen LogP contribution in [0.2, 0.25) is 0 Å².